The molecule has 0 aliphatic carbocycles. The van der Waals surface area contributed by atoms with Gasteiger partial charge in [0.1, 0.15) is 0 Å². The van der Waals surface area contributed by atoms with Gasteiger partial charge in [-0.15, -0.1) is 0 Å². The van der Waals surface area contributed by atoms with E-state index in [9.17, 15) is 0 Å². The monoisotopic (exact) mass is 143 g/mol. The van der Waals surface area contributed by atoms with E-state index in [4.69, 9.17) is 5.73 Å². The normalized spacial score (nSPS) is 21.3. The molecule has 1 rings (SSSR count). The third-order valence-electron chi connectivity index (χ3n) is 2.30. The van der Waals surface area contributed by atoms with Crippen LogP contribution < -0.4 is 10.6 Å². The Balaban J connectivity index is 2.02. The Labute approximate surface area is 63.4 Å². The topological polar surface area (TPSA) is 30.5 Å². The molecule has 1 fully saturated rings. The second kappa shape index (κ2) is 4.69. The van der Waals surface area contributed by atoms with Gasteiger partial charge in [0.05, 0.1) is 19.6 Å². The molecule has 10 heavy (non-hydrogen) atoms. The summed E-state index contributed by atoms with van der Waals surface area (Å²) in [4.78, 5) is 1.77. The molecule has 0 amide bonds. The highest BCUT2D eigenvalue weighted by atomic mass is 15.1. The number of hydrogen-bond acceptors (Lipinski definition) is 1. The molecule has 0 aromatic rings. The van der Waals surface area contributed by atoms with Crippen molar-refractivity contribution >= 4 is 0 Å². The first-order valence-corrected chi connectivity index (χ1v) is 4.47. The summed E-state index contributed by atoms with van der Waals surface area (Å²) in [5.74, 6) is 0. The lowest BCUT2D eigenvalue weighted by Gasteiger charge is -2.22. The zero-order valence-electron chi connectivity index (χ0n) is 6.73. The van der Waals surface area contributed by atoms with Crippen LogP contribution in [0.5, 0.6) is 0 Å². The maximum atomic E-state index is 5.43. The zero-order chi connectivity index (χ0) is 7.23. The summed E-state index contributed by atoms with van der Waals surface area (Å²) >= 11 is 0. The van der Waals surface area contributed by atoms with E-state index in [-0.39, 0.29) is 0 Å². The summed E-state index contributed by atoms with van der Waals surface area (Å²) in [7, 11) is 0. The fourth-order valence-corrected chi connectivity index (χ4v) is 1.65. The van der Waals surface area contributed by atoms with E-state index in [1.54, 1.807) is 4.90 Å². The van der Waals surface area contributed by atoms with Crippen LogP contribution >= 0.6 is 0 Å². The van der Waals surface area contributed by atoms with E-state index in [0.29, 0.717) is 0 Å². The van der Waals surface area contributed by atoms with Gasteiger partial charge >= 0.3 is 0 Å². The van der Waals surface area contributed by atoms with Gasteiger partial charge in [-0.05, 0) is 25.8 Å². The van der Waals surface area contributed by atoms with Crippen LogP contribution in [-0.2, 0) is 0 Å². The first-order valence-electron chi connectivity index (χ1n) is 4.47. The summed E-state index contributed by atoms with van der Waals surface area (Å²) in [6.07, 6.45) is 5.52. The van der Waals surface area contributed by atoms with Crippen LogP contribution in [0.1, 0.15) is 25.7 Å². The molecule has 1 aliphatic rings. The molecule has 60 valence electrons. The van der Waals surface area contributed by atoms with E-state index in [0.717, 1.165) is 6.54 Å². The van der Waals surface area contributed by atoms with Crippen LogP contribution in [0.4, 0.5) is 0 Å². The predicted octanol–water partition coefficient (Wildman–Crippen LogP) is -0.596. The lowest BCUT2D eigenvalue weighted by Crippen LogP contribution is -3.12. The van der Waals surface area contributed by atoms with E-state index in [2.05, 4.69) is 0 Å². The molecule has 2 heteroatoms. The summed E-state index contributed by atoms with van der Waals surface area (Å²) in [5, 5.41) is 0. The molecule has 2 nitrogen and oxygen atoms in total. The molecular formula is C8H19N2+. The van der Waals surface area contributed by atoms with Gasteiger partial charge in [0, 0.05) is 6.42 Å². The first kappa shape index (κ1) is 8.02. The Morgan fingerprint density at radius 2 is 1.80 bits per heavy atom. The third-order valence-corrected chi connectivity index (χ3v) is 2.30. The second-order valence-electron chi connectivity index (χ2n) is 3.20. The second-order valence-corrected chi connectivity index (χ2v) is 3.20. The standard InChI is InChI=1S/C8H18N2/c9-5-4-8-10-6-2-1-3-7-10/h1-9H2/p+1. The number of quaternary nitrogens is 1. The van der Waals surface area contributed by atoms with Gasteiger partial charge in [-0.2, -0.15) is 0 Å². The number of piperidine rings is 1. The average Bonchev–Trinajstić information content (AvgIpc) is 2.03. The predicted molar refractivity (Wildman–Crippen MR) is 43.1 cm³/mol. The highest BCUT2D eigenvalue weighted by Crippen LogP contribution is 1.94. The minimum atomic E-state index is 0.865. The maximum Gasteiger partial charge on any atom is 0.0783 e. The van der Waals surface area contributed by atoms with Crippen molar-refractivity contribution in [3.8, 4) is 0 Å². The molecule has 0 saturated carbocycles. The minimum absolute atomic E-state index is 0.865. The van der Waals surface area contributed by atoms with Gasteiger partial charge in [-0.3, -0.25) is 0 Å². The van der Waals surface area contributed by atoms with Gasteiger partial charge in [0.25, 0.3) is 0 Å². The van der Waals surface area contributed by atoms with Gasteiger partial charge in [-0.1, -0.05) is 0 Å². The average molecular weight is 143 g/mol. The van der Waals surface area contributed by atoms with Crippen molar-refractivity contribution in [2.75, 3.05) is 26.2 Å². The smallest absolute Gasteiger partial charge is 0.0783 e. The Morgan fingerprint density at radius 1 is 1.10 bits per heavy atom. The van der Waals surface area contributed by atoms with E-state index in [1.807, 2.05) is 0 Å². The van der Waals surface area contributed by atoms with E-state index >= 15 is 0 Å². The first-order chi connectivity index (χ1) is 4.93. The Bertz CT molecular complexity index is 77.3. The largest absolute Gasteiger partial charge is 0.335 e. The lowest BCUT2D eigenvalue weighted by atomic mass is 10.1. The Kier molecular flexibility index (Phi) is 3.76. The quantitative estimate of drug-likeness (QED) is 0.543. The number of rotatable bonds is 3. The van der Waals surface area contributed by atoms with Gasteiger partial charge < -0.3 is 10.6 Å². The fourth-order valence-electron chi connectivity index (χ4n) is 1.65. The molecule has 0 unspecified atom stereocenters. The summed E-state index contributed by atoms with van der Waals surface area (Å²) in [6.45, 7) is 4.94. The number of hydrogen-bond donors (Lipinski definition) is 2. The molecule has 1 saturated heterocycles. The van der Waals surface area contributed by atoms with Crippen molar-refractivity contribution in [1.29, 1.82) is 0 Å². The van der Waals surface area contributed by atoms with Crippen molar-refractivity contribution in [3.63, 3.8) is 0 Å². The van der Waals surface area contributed by atoms with Gasteiger partial charge in [-0.25, -0.2) is 0 Å². The minimum Gasteiger partial charge on any atom is -0.335 e. The van der Waals surface area contributed by atoms with Crippen LogP contribution in [0.25, 0.3) is 0 Å². The molecule has 1 aliphatic heterocycles. The third kappa shape index (κ3) is 2.67. The molecule has 0 aromatic carbocycles. The molecule has 0 radical (unpaired) electrons. The Morgan fingerprint density at radius 3 is 2.40 bits per heavy atom. The molecule has 3 N–H and O–H groups in total. The summed E-state index contributed by atoms with van der Waals surface area (Å²) in [6, 6.07) is 0. The Hall–Kier alpha value is -0.0800. The van der Waals surface area contributed by atoms with Crippen molar-refractivity contribution in [3.05, 3.63) is 0 Å². The lowest BCUT2D eigenvalue weighted by molar-refractivity contribution is -0.904. The highest BCUT2D eigenvalue weighted by molar-refractivity contribution is 4.46. The number of likely N-dealkylation sites (tertiary alicyclic amines) is 1. The fraction of sp³-hybridized carbons (Fsp3) is 1.00. The summed E-state index contributed by atoms with van der Waals surface area (Å²) < 4.78 is 0. The van der Waals surface area contributed by atoms with Crippen LogP contribution in [0.3, 0.4) is 0 Å². The highest BCUT2D eigenvalue weighted by Gasteiger charge is 2.11. The van der Waals surface area contributed by atoms with Gasteiger partial charge in [0.2, 0.25) is 0 Å². The van der Waals surface area contributed by atoms with Crippen molar-refractivity contribution in [2.24, 2.45) is 5.73 Å². The van der Waals surface area contributed by atoms with Crippen molar-refractivity contribution in [2.45, 2.75) is 25.7 Å². The van der Waals surface area contributed by atoms with E-state index in [1.165, 1.54) is 45.3 Å². The van der Waals surface area contributed by atoms with Crippen LogP contribution in [0.2, 0.25) is 0 Å². The SMILES string of the molecule is NCCC[NH+]1CCCCC1. The van der Waals surface area contributed by atoms with Crippen molar-refractivity contribution < 1.29 is 4.90 Å². The van der Waals surface area contributed by atoms with Crippen LogP contribution in [0, 0.1) is 0 Å². The zero-order valence-corrected chi connectivity index (χ0v) is 6.73. The molecular weight excluding hydrogens is 124 g/mol. The van der Waals surface area contributed by atoms with Crippen LogP contribution in [-0.4, -0.2) is 26.2 Å². The number of nitrogens with one attached hydrogen (secondary N) is 1. The molecule has 1 heterocycles. The maximum absolute atomic E-state index is 5.43. The molecule has 0 bridgehead atoms. The van der Waals surface area contributed by atoms with Crippen LogP contribution in [0.15, 0.2) is 0 Å². The van der Waals surface area contributed by atoms with E-state index < -0.39 is 0 Å². The van der Waals surface area contributed by atoms with Crippen molar-refractivity contribution in [1.82, 2.24) is 0 Å². The molecule has 0 aromatic heterocycles. The summed E-state index contributed by atoms with van der Waals surface area (Å²) in [5.41, 5.74) is 5.43. The molecule has 0 spiro atoms. The number of nitrogens with two attached hydrogens (primary N) is 1. The molecule has 0 atom stereocenters. The van der Waals surface area contributed by atoms with Gasteiger partial charge in [0.15, 0.2) is 0 Å².